The molecule has 0 bridgehead atoms. The number of halogens is 1. The van der Waals surface area contributed by atoms with E-state index in [0.29, 0.717) is 34.8 Å². The minimum Gasteiger partial charge on any atom is -0.380 e. The number of amides is 1. The molecule has 0 atom stereocenters. The Morgan fingerprint density at radius 3 is 2.64 bits per heavy atom. The van der Waals surface area contributed by atoms with E-state index in [-0.39, 0.29) is 29.2 Å². The van der Waals surface area contributed by atoms with E-state index in [4.69, 9.17) is 4.74 Å². The Bertz CT molecular complexity index is 1330. The number of sulfone groups is 1. The summed E-state index contributed by atoms with van der Waals surface area (Å²) in [6, 6.07) is 8.94. The summed E-state index contributed by atoms with van der Waals surface area (Å²) in [5, 5.41) is 11.1. The van der Waals surface area contributed by atoms with Crippen LogP contribution >= 0.6 is 11.3 Å². The van der Waals surface area contributed by atoms with Gasteiger partial charge in [0.25, 0.3) is 5.69 Å². The van der Waals surface area contributed by atoms with E-state index in [1.54, 1.807) is 10.6 Å². The molecule has 0 aliphatic heterocycles. The van der Waals surface area contributed by atoms with Gasteiger partial charge in [0.2, 0.25) is 5.91 Å². The van der Waals surface area contributed by atoms with Crippen LogP contribution in [0, 0.1) is 15.9 Å². The van der Waals surface area contributed by atoms with Crippen LogP contribution in [0.15, 0.2) is 52.4 Å². The van der Waals surface area contributed by atoms with Crippen LogP contribution in [0.3, 0.4) is 0 Å². The molecule has 33 heavy (non-hydrogen) atoms. The standard InChI is InChI=1S/C21H22FN3O6S2/c1-2-31-12-11-24-18-10-7-16(25(27)28)14-19(18)32-21(24)23-20(26)4-3-13-33(29,30)17-8-5-15(22)6-9-17/h5-10,14H,2-4,11-13H2,1H3. The number of nitrogens with zero attached hydrogens (tertiary/aromatic N) is 3. The number of ether oxygens (including phenoxy) is 1. The van der Waals surface area contributed by atoms with Gasteiger partial charge in [-0.05, 0) is 43.7 Å². The molecule has 3 aromatic rings. The van der Waals surface area contributed by atoms with Crippen molar-refractivity contribution < 1.29 is 27.3 Å². The van der Waals surface area contributed by atoms with Gasteiger partial charge in [0.15, 0.2) is 14.6 Å². The number of nitro groups is 1. The van der Waals surface area contributed by atoms with Gasteiger partial charge in [-0.1, -0.05) is 11.3 Å². The molecule has 0 aliphatic carbocycles. The molecule has 3 rings (SSSR count). The second-order valence-electron chi connectivity index (χ2n) is 7.02. The first-order valence-electron chi connectivity index (χ1n) is 10.1. The average molecular weight is 496 g/mol. The zero-order valence-electron chi connectivity index (χ0n) is 17.8. The van der Waals surface area contributed by atoms with E-state index in [2.05, 4.69) is 4.99 Å². The lowest BCUT2D eigenvalue weighted by Gasteiger charge is -2.05. The predicted octanol–water partition coefficient (Wildman–Crippen LogP) is 3.47. The molecular formula is C21H22FN3O6S2. The summed E-state index contributed by atoms with van der Waals surface area (Å²) < 4.78 is 45.5. The van der Waals surface area contributed by atoms with Gasteiger partial charge in [0, 0.05) is 31.7 Å². The van der Waals surface area contributed by atoms with Gasteiger partial charge in [0.1, 0.15) is 5.82 Å². The van der Waals surface area contributed by atoms with Crippen LogP contribution < -0.4 is 4.80 Å². The highest BCUT2D eigenvalue weighted by molar-refractivity contribution is 7.91. The Morgan fingerprint density at radius 2 is 1.97 bits per heavy atom. The second-order valence-corrected chi connectivity index (χ2v) is 10.1. The van der Waals surface area contributed by atoms with E-state index < -0.39 is 26.5 Å². The summed E-state index contributed by atoms with van der Waals surface area (Å²) in [4.78, 5) is 27.5. The topological polar surface area (TPSA) is 121 Å². The third-order valence-electron chi connectivity index (χ3n) is 4.74. The molecule has 9 nitrogen and oxygen atoms in total. The Labute approximate surface area is 193 Å². The number of non-ortho nitro benzene ring substituents is 1. The molecule has 176 valence electrons. The fraction of sp³-hybridized carbons (Fsp3) is 0.333. The van der Waals surface area contributed by atoms with E-state index in [0.717, 1.165) is 23.5 Å². The molecule has 0 spiro atoms. The van der Waals surface area contributed by atoms with Crippen LogP contribution in [0.1, 0.15) is 19.8 Å². The molecule has 0 N–H and O–H groups in total. The molecule has 0 aliphatic rings. The zero-order valence-corrected chi connectivity index (χ0v) is 19.4. The van der Waals surface area contributed by atoms with Gasteiger partial charge in [0.05, 0.1) is 32.4 Å². The number of carbonyl (C=O) groups excluding carboxylic acids is 1. The molecular weight excluding hydrogens is 473 g/mol. The van der Waals surface area contributed by atoms with Gasteiger partial charge >= 0.3 is 0 Å². The van der Waals surface area contributed by atoms with Crippen LogP contribution in [0.4, 0.5) is 10.1 Å². The zero-order chi connectivity index (χ0) is 24.0. The third kappa shape index (κ3) is 6.30. The van der Waals surface area contributed by atoms with Crippen molar-refractivity contribution in [3.8, 4) is 0 Å². The lowest BCUT2D eigenvalue weighted by molar-refractivity contribution is -0.384. The summed E-state index contributed by atoms with van der Waals surface area (Å²) in [5.74, 6) is -1.31. The van der Waals surface area contributed by atoms with Crippen LogP contribution in [0.25, 0.3) is 10.2 Å². The number of rotatable bonds is 10. The van der Waals surface area contributed by atoms with Crippen LogP contribution in [-0.4, -0.2) is 42.8 Å². The van der Waals surface area contributed by atoms with Crippen molar-refractivity contribution in [2.75, 3.05) is 19.0 Å². The van der Waals surface area contributed by atoms with Crippen molar-refractivity contribution in [1.29, 1.82) is 0 Å². The van der Waals surface area contributed by atoms with Gasteiger partial charge in [-0.2, -0.15) is 4.99 Å². The first kappa shape index (κ1) is 24.7. The highest BCUT2D eigenvalue weighted by atomic mass is 32.2. The highest BCUT2D eigenvalue weighted by Gasteiger charge is 2.16. The minimum absolute atomic E-state index is 0.00634. The molecule has 0 saturated carbocycles. The molecule has 12 heteroatoms. The summed E-state index contributed by atoms with van der Waals surface area (Å²) in [5.41, 5.74) is 0.625. The Kier molecular flexibility index (Phi) is 8.06. The van der Waals surface area contributed by atoms with Crippen molar-refractivity contribution in [3.63, 3.8) is 0 Å². The molecule has 1 heterocycles. The van der Waals surface area contributed by atoms with E-state index in [1.807, 2.05) is 6.92 Å². The van der Waals surface area contributed by atoms with Crippen molar-refractivity contribution in [2.45, 2.75) is 31.2 Å². The van der Waals surface area contributed by atoms with Gasteiger partial charge in [-0.25, -0.2) is 12.8 Å². The molecule has 2 aromatic carbocycles. The molecule has 0 unspecified atom stereocenters. The average Bonchev–Trinajstić information content (AvgIpc) is 3.10. The monoisotopic (exact) mass is 495 g/mol. The summed E-state index contributed by atoms with van der Waals surface area (Å²) in [7, 11) is -3.65. The normalized spacial score (nSPS) is 12.4. The fourth-order valence-electron chi connectivity index (χ4n) is 3.11. The Morgan fingerprint density at radius 1 is 1.24 bits per heavy atom. The molecule has 0 radical (unpaired) electrons. The van der Waals surface area contributed by atoms with E-state index in [1.165, 1.54) is 24.3 Å². The summed E-state index contributed by atoms with van der Waals surface area (Å²) >= 11 is 1.14. The number of benzene rings is 2. The molecule has 0 saturated heterocycles. The maximum absolute atomic E-state index is 13.0. The lowest BCUT2D eigenvalue weighted by Crippen LogP contribution is -2.20. The maximum atomic E-state index is 13.0. The predicted molar refractivity (Wildman–Crippen MR) is 121 cm³/mol. The van der Waals surface area contributed by atoms with Crippen molar-refractivity contribution in [3.05, 3.63) is 63.2 Å². The highest BCUT2D eigenvalue weighted by Crippen LogP contribution is 2.23. The second kappa shape index (κ2) is 10.8. The van der Waals surface area contributed by atoms with Crippen molar-refractivity contribution >= 4 is 43.0 Å². The first-order valence-corrected chi connectivity index (χ1v) is 12.6. The number of nitro benzene ring substituents is 1. The largest absolute Gasteiger partial charge is 0.380 e. The van der Waals surface area contributed by atoms with Crippen LogP contribution in [0.2, 0.25) is 0 Å². The fourth-order valence-corrected chi connectivity index (χ4v) is 5.53. The number of fused-ring (bicyclic) bond motifs is 1. The maximum Gasteiger partial charge on any atom is 0.270 e. The van der Waals surface area contributed by atoms with E-state index in [9.17, 15) is 27.7 Å². The van der Waals surface area contributed by atoms with E-state index >= 15 is 0 Å². The first-order chi connectivity index (χ1) is 15.7. The molecule has 1 aromatic heterocycles. The lowest BCUT2D eigenvalue weighted by atomic mass is 10.3. The smallest absolute Gasteiger partial charge is 0.270 e. The van der Waals surface area contributed by atoms with Crippen molar-refractivity contribution in [2.24, 2.45) is 4.99 Å². The number of aromatic nitrogens is 1. The Balaban J connectivity index is 1.78. The van der Waals surface area contributed by atoms with Crippen molar-refractivity contribution in [1.82, 2.24) is 4.57 Å². The SMILES string of the molecule is CCOCCn1c(=NC(=O)CCCS(=O)(=O)c2ccc(F)cc2)sc2cc([N+](=O)[O-])ccc21. The number of hydrogen-bond acceptors (Lipinski definition) is 7. The van der Waals surface area contributed by atoms with Crippen LogP contribution in [-0.2, 0) is 25.9 Å². The van der Waals surface area contributed by atoms with Gasteiger partial charge in [-0.3, -0.25) is 14.9 Å². The molecule has 1 amide bonds. The summed E-state index contributed by atoms with van der Waals surface area (Å²) in [6.45, 7) is 3.14. The van der Waals surface area contributed by atoms with Gasteiger partial charge < -0.3 is 9.30 Å². The van der Waals surface area contributed by atoms with Crippen LogP contribution in [0.5, 0.6) is 0 Å². The quantitative estimate of drug-likeness (QED) is 0.184. The van der Waals surface area contributed by atoms with Gasteiger partial charge in [-0.15, -0.1) is 0 Å². The number of hydrogen-bond donors (Lipinski definition) is 0. The number of carbonyl (C=O) groups is 1. The minimum atomic E-state index is -3.65. The summed E-state index contributed by atoms with van der Waals surface area (Å²) in [6.07, 6.45) is -0.0440. The third-order valence-corrected chi connectivity index (χ3v) is 7.59. The molecule has 0 fully saturated rings. The number of thiazole rings is 1. The Hall–Kier alpha value is -2.96.